The molecular formula is C30H37N5O5S. The predicted octanol–water partition coefficient (Wildman–Crippen LogP) is 4.78. The van der Waals surface area contributed by atoms with Crippen LogP contribution >= 0.6 is 11.3 Å². The number of rotatable bonds is 6. The van der Waals surface area contributed by atoms with E-state index in [1.54, 1.807) is 50.2 Å². The van der Waals surface area contributed by atoms with Gasteiger partial charge in [0.25, 0.3) is 5.91 Å². The van der Waals surface area contributed by atoms with Gasteiger partial charge in [-0.2, -0.15) is 0 Å². The number of aryl methyl sites for hydroxylation is 1. The second-order valence-electron chi connectivity index (χ2n) is 12.2. The zero-order valence-corrected chi connectivity index (χ0v) is 25.0. The normalized spacial score (nSPS) is 19.6. The molecule has 2 N–H and O–H groups in total. The monoisotopic (exact) mass is 579 g/mol. The number of alkyl carbamates (subject to hydrolysis) is 1. The van der Waals surface area contributed by atoms with Gasteiger partial charge >= 0.3 is 6.09 Å². The van der Waals surface area contributed by atoms with Crippen molar-refractivity contribution in [2.24, 2.45) is 13.0 Å². The SMILES string of the molecule is COc1cc(C(=O)N2CC[C@@H](O)[C@@H](NC(=O)OC(C)(C)C)C2)cc2nc(-c3cc4ccsc4n3CC3CC3)n(C)c12. The Hall–Kier alpha value is -3.57. The quantitative estimate of drug-likeness (QED) is 0.340. The van der Waals surface area contributed by atoms with E-state index >= 15 is 0 Å². The van der Waals surface area contributed by atoms with Crippen molar-refractivity contribution in [1.29, 1.82) is 0 Å². The number of aliphatic hydroxyl groups excluding tert-OH is 1. The van der Waals surface area contributed by atoms with Crippen LogP contribution in [0.1, 0.15) is 50.4 Å². The number of methoxy groups -OCH3 is 1. The van der Waals surface area contributed by atoms with Crippen LogP contribution in [0.3, 0.4) is 0 Å². The van der Waals surface area contributed by atoms with Crippen LogP contribution in [0.2, 0.25) is 0 Å². The Morgan fingerprint density at radius 1 is 1.20 bits per heavy atom. The van der Waals surface area contributed by atoms with E-state index in [4.69, 9.17) is 14.5 Å². The summed E-state index contributed by atoms with van der Waals surface area (Å²) in [6.45, 7) is 6.84. The van der Waals surface area contributed by atoms with E-state index in [-0.39, 0.29) is 12.5 Å². The van der Waals surface area contributed by atoms with Crippen molar-refractivity contribution in [3.05, 3.63) is 35.2 Å². The van der Waals surface area contributed by atoms with Gasteiger partial charge in [0.2, 0.25) is 0 Å². The highest BCUT2D eigenvalue weighted by molar-refractivity contribution is 7.16. The van der Waals surface area contributed by atoms with Crippen LogP contribution in [0.4, 0.5) is 4.79 Å². The minimum atomic E-state index is -0.775. The van der Waals surface area contributed by atoms with Crippen molar-refractivity contribution >= 4 is 44.6 Å². The van der Waals surface area contributed by atoms with E-state index in [9.17, 15) is 14.7 Å². The molecule has 4 heterocycles. The van der Waals surface area contributed by atoms with Crippen molar-refractivity contribution in [3.8, 4) is 17.3 Å². The van der Waals surface area contributed by atoms with Crippen molar-refractivity contribution < 1.29 is 24.2 Å². The number of ether oxygens (including phenoxy) is 2. The highest BCUT2D eigenvalue weighted by Crippen LogP contribution is 2.39. The molecule has 10 nitrogen and oxygen atoms in total. The molecule has 1 saturated heterocycles. The average Bonchev–Trinajstić information content (AvgIpc) is 3.36. The number of carbonyl (C=O) groups is 2. The number of amides is 2. The zero-order chi connectivity index (χ0) is 29.1. The van der Waals surface area contributed by atoms with E-state index in [1.807, 2.05) is 17.7 Å². The molecule has 0 radical (unpaired) electrons. The van der Waals surface area contributed by atoms with Gasteiger partial charge < -0.3 is 33.9 Å². The number of carbonyl (C=O) groups excluding carboxylic acids is 2. The third-order valence-electron chi connectivity index (χ3n) is 7.84. The number of fused-ring (bicyclic) bond motifs is 2. The lowest BCUT2D eigenvalue weighted by Gasteiger charge is -2.36. The van der Waals surface area contributed by atoms with Crippen molar-refractivity contribution in [3.63, 3.8) is 0 Å². The fourth-order valence-electron chi connectivity index (χ4n) is 5.63. The number of aliphatic hydroxyl groups is 1. The first-order valence-corrected chi connectivity index (χ1v) is 15.0. The molecule has 1 aliphatic carbocycles. The van der Waals surface area contributed by atoms with Gasteiger partial charge in [0, 0.05) is 37.6 Å². The number of nitrogens with zero attached hydrogens (tertiary/aromatic N) is 4. The first-order valence-electron chi connectivity index (χ1n) is 14.1. The summed E-state index contributed by atoms with van der Waals surface area (Å²) in [5.74, 6) is 1.89. The molecule has 2 fully saturated rings. The van der Waals surface area contributed by atoms with Crippen molar-refractivity contribution in [2.45, 2.75) is 64.3 Å². The van der Waals surface area contributed by atoms with Gasteiger partial charge in [-0.15, -0.1) is 11.3 Å². The zero-order valence-electron chi connectivity index (χ0n) is 24.1. The molecule has 11 heteroatoms. The van der Waals surface area contributed by atoms with Gasteiger partial charge in [-0.3, -0.25) is 4.79 Å². The minimum Gasteiger partial charge on any atom is -0.494 e. The molecule has 0 bridgehead atoms. The molecule has 0 unspecified atom stereocenters. The molecule has 2 aliphatic rings. The van der Waals surface area contributed by atoms with Gasteiger partial charge in [-0.05, 0) is 75.6 Å². The third-order valence-corrected chi connectivity index (χ3v) is 8.79. The van der Waals surface area contributed by atoms with Gasteiger partial charge in [0.15, 0.2) is 5.82 Å². The molecule has 0 spiro atoms. The van der Waals surface area contributed by atoms with Crippen LogP contribution < -0.4 is 10.1 Å². The number of hydrogen-bond acceptors (Lipinski definition) is 7. The third kappa shape index (κ3) is 5.40. The molecule has 1 aromatic carbocycles. The largest absolute Gasteiger partial charge is 0.494 e. The number of nitrogens with one attached hydrogen (secondary N) is 1. The van der Waals surface area contributed by atoms with Crippen molar-refractivity contribution in [2.75, 3.05) is 20.2 Å². The van der Waals surface area contributed by atoms with Crippen LogP contribution in [-0.2, 0) is 18.3 Å². The first kappa shape index (κ1) is 27.6. The van der Waals surface area contributed by atoms with Gasteiger partial charge in [0.05, 0.1) is 30.5 Å². The number of imidazole rings is 1. The summed E-state index contributed by atoms with van der Waals surface area (Å²) in [6, 6.07) is 7.27. The summed E-state index contributed by atoms with van der Waals surface area (Å²) in [5.41, 5.74) is 2.34. The summed E-state index contributed by atoms with van der Waals surface area (Å²) < 4.78 is 15.6. The summed E-state index contributed by atoms with van der Waals surface area (Å²) in [5, 5.41) is 16.6. The molecule has 4 aromatic rings. The maximum atomic E-state index is 13.7. The van der Waals surface area contributed by atoms with E-state index < -0.39 is 23.8 Å². The number of likely N-dealkylation sites (tertiary alicyclic amines) is 1. The minimum absolute atomic E-state index is 0.165. The van der Waals surface area contributed by atoms with Crippen LogP contribution in [0.15, 0.2) is 29.6 Å². The van der Waals surface area contributed by atoms with Crippen LogP contribution in [0.5, 0.6) is 5.75 Å². The fourth-order valence-corrected chi connectivity index (χ4v) is 6.53. The van der Waals surface area contributed by atoms with E-state index in [0.29, 0.717) is 35.7 Å². The second-order valence-corrected chi connectivity index (χ2v) is 13.1. The summed E-state index contributed by atoms with van der Waals surface area (Å²) in [6.07, 6.45) is 1.46. The average molecular weight is 580 g/mol. The number of aromatic nitrogens is 3. The summed E-state index contributed by atoms with van der Waals surface area (Å²) >= 11 is 1.75. The van der Waals surface area contributed by atoms with Gasteiger partial charge in [0.1, 0.15) is 21.7 Å². The van der Waals surface area contributed by atoms with Crippen molar-refractivity contribution in [1.82, 2.24) is 24.3 Å². The smallest absolute Gasteiger partial charge is 0.408 e. The van der Waals surface area contributed by atoms with Crippen LogP contribution in [0, 0.1) is 5.92 Å². The van der Waals surface area contributed by atoms with Gasteiger partial charge in [-0.25, -0.2) is 9.78 Å². The lowest BCUT2D eigenvalue weighted by atomic mass is 10.0. The topological polar surface area (TPSA) is 111 Å². The summed E-state index contributed by atoms with van der Waals surface area (Å²) in [7, 11) is 3.58. The molecule has 2 amide bonds. The molecule has 2 atom stereocenters. The Balaban J connectivity index is 1.30. The highest BCUT2D eigenvalue weighted by Gasteiger charge is 2.34. The Morgan fingerprint density at radius 3 is 2.68 bits per heavy atom. The maximum Gasteiger partial charge on any atom is 0.408 e. The van der Waals surface area contributed by atoms with Crippen LogP contribution in [0.25, 0.3) is 32.8 Å². The molecule has 1 aliphatic heterocycles. The molecule has 6 rings (SSSR count). The molecule has 218 valence electrons. The van der Waals surface area contributed by atoms with Crippen LogP contribution in [-0.4, -0.2) is 74.1 Å². The highest BCUT2D eigenvalue weighted by atomic mass is 32.1. The lowest BCUT2D eigenvalue weighted by Crippen LogP contribution is -2.57. The van der Waals surface area contributed by atoms with Gasteiger partial charge in [-0.1, -0.05) is 0 Å². The van der Waals surface area contributed by atoms with E-state index in [1.165, 1.54) is 23.1 Å². The fraction of sp³-hybridized carbons (Fsp3) is 0.500. The molecule has 3 aromatic heterocycles. The Kier molecular flexibility index (Phi) is 6.97. The Labute approximate surface area is 242 Å². The molecular weight excluding hydrogens is 542 g/mol. The Bertz CT molecular complexity index is 1630. The standard InChI is InChI=1S/C30H37N5O5S/c1-30(2,3)40-29(38)32-21-16-34(10-8-23(21)36)27(37)19-12-20-25(24(14-19)39-5)33(4)26(31-20)22-13-18-9-11-41-28(18)35(22)15-17-6-7-17/h9,11-14,17,21,23,36H,6-8,10,15-16H2,1-5H3,(H,32,38)/t21-,23+/m0/s1. The lowest BCUT2D eigenvalue weighted by molar-refractivity contribution is 0.0210. The molecule has 1 saturated carbocycles. The Morgan fingerprint density at radius 2 is 1.98 bits per heavy atom. The number of hydrogen-bond donors (Lipinski definition) is 2. The summed E-state index contributed by atoms with van der Waals surface area (Å²) in [4.78, 5) is 34.0. The van der Waals surface area contributed by atoms with E-state index in [0.717, 1.165) is 23.6 Å². The van der Waals surface area contributed by atoms with E-state index in [2.05, 4.69) is 27.4 Å². The number of thiophene rings is 1. The maximum absolute atomic E-state index is 13.7. The number of benzene rings is 1. The predicted molar refractivity (Wildman–Crippen MR) is 158 cm³/mol. The molecule has 41 heavy (non-hydrogen) atoms. The number of piperidine rings is 1. The second kappa shape index (κ2) is 10.4. The first-order chi connectivity index (χ1) is 19.5.